The molecule has 0 fully saturated rings. The van der Waals surface area contributed by atoms with Crippen molar-refractivity contribution in [1.82, 2.24) is 14.3 Å². The van der Waals surface area contributed by atoms with E-state index in [1.54, 1.807) is 19.2 Å². The van der Waals surface area contributed by atoms with Crippen molar-refractivity contribution in [2.24, 2.45) is 7.05 Å². The van der Waals surface area contributed by atoms with Crippen molar-refractivity contribution in [3.05, 3.63) is 52.2 Å². The lowest BCUT2D eigenvalue weighted by Gasteiger charge is -2.00. The average molecular weight is 228 g/mol. The summed E-state index contributed by atoms with van der Waals surface area (Å²) in [6.07, 6.45) is 2.23. The van der Waals surface area contributed by atoms with E-state index in [1.165, 1.54) is 15.6 Å². The normalized spacial score (nSPS) is 10.1. The molecule has 0 saturated carbocycles. The Labute approximate surface area is 98.5 Å². The van der Waals surface area contributed by atoms with Crippen molar-refractivity contribution in [3.8, 4) is 6.07 Å². The minimum atomic E-state index is -0.112. The number of hydrogen-bond donors (Lipinski definition) is 0. The minimum Gasteiger partial charge on any atom is -0.285 e. The van der Waals surface area contributed by atoms with E-state index in [-0.39, 0.29) is 5.69 Å². The SMILES string of the molecule is Cn1cnn(CCc2ccc(C#N)cc2)c1=O. The predicted octanol–water partition coefficient (Wildman–Crippen LogP) is 0.696. The van der Waals surface area contributed by atoms with Crippen LogP contribution in [0.3, 0.4) is 0 Å². The first-order chi connectivity index (χ1) is 8.20. The smallest absolute Gasteiger partial charge is 0.285 e. The van der Waals surface area contributed by atoms with Crippen LogP contribution in [0.25, 0.3) is 0 Å². The standard InChI is InChI=1S/C12H12N4O/c1-15-9-14-16(12(15)17)7-6-10-2-4-11(8-13)5-3-10/h2-5,9H,6-7H2,1H3. The maximum atomic E-state index is 11.5. The lowest BCUT2D eigenvalue weighted by Crippen LogP contribution is -2.23. The van der Waals surface area contributed by atoms with Gasteiger partial charge in [-0.2, -0.15) is 10.4 Å². The summed E-state index contributed by atoms with van der Waals surface area (Å²) >= 11 is 0. The van der Waals surface area contributed by atoms with Gasteiger partial charge < -0.3 is 0 Å². The van der Waals surface area contributed by atoms with E-state index in [0.29, 0.717) is 12.1 Å². The number of hydrogen-bond acceptors (Lipinski definition) is 3. The molecule has 0 N–H and O–H groups in total. The Morgan fingerprint density at radius 3 is 2.59 bits per heavy atom. The summed E-state index contributed by atoms with van der Waals surface area (Å²) in [5.74, 6) is 0. The summed E-state index contributed by atoms with van der Waals surface area (Å²) in [5, 5.41) is 12.6. The molecule has 0 aliphatic rings. The summed E-state index contributed by atoms with van der Waals surface area (Å²) in [4.78, 5) is 11.5. The molecule has 17 heavy (non-hydrogen) atoms. The van der Waals surface area contributed by atoms with E-state index in [1.807, 2.05) is 12.1 Å². The Kier molecular flexibility index (Phi) is 3.06. The van der Waals surface area contributed by atoms with E-state index < -0.39 is 0 Å². The van der Waals surface area contributed by atoms with Gasteiger partial charge in [0.2, 0.25) is 0 Å². The van der Waals surface area contributed by atoms with Crippen molar-refractivity contribution in [3.63, 3.8) is 0 Å². The van der Waals surface area contributed by atoms with Crippen molar-refractivity contribution < 1.29 is 0 Å². The van der Waals surface area contributed by atoms with E-state index in [9.17, 15) is 4.79 Å². The lowest BCUT2D eigenvalue weighted by atomic mass is 10.1. The molecular formula is C12H12N4O. The highest BCUT2D eigenvalue weighted by molar-refractivity contribution is 5.31. The summed E-state index contributed by atoms with van der Waals surface area (Å²) in [5.41, 5.74) is 1.61. The topological polar surface area (TPSA) is 63.6 Å². The zero-order chi connectivity index (χ0) is 12.3. The molecular weight excluding hydrogens is 216 g/mol. The molecule has 1 aromatic heterocycles. The summed E-state index contributed by atoms with van der Waals surface area (Å²) < 4.78 is 2.87. The second-order valence-corrected chi connectivity index (χ2v) is 3.81. The largest absolute Gasteiger partial charge is 0.345 e. The zero-order valence-electron chi connectivity index (χ0n) is 9.50. The van der Waals surface area contributed by atoms with E-state index >= 15 is 0 Å². The van der Waals surface area contributed by atoms with Gasteiger partial charge in [0.15, 0.2) is 0 Å². The molecule has 0 atom stereocenters. The fraction of sp³-hybridized carbons (Fsp3) is 0.250. The lowest BCUT2D eigenvalue weighted by molar-refractivity contribution is 0.585. The number of nitrogens with zero attached hydrogens (tertiary/aromatic N) is 4. The Morgan fingerprint density at radius 2 is 2.06 bits per heavy atom. The first-order valence-electron chi connectivity index (χ1n) is 5.28. The Balaban J connectivity index is 2.05. The Hall–Kier alpha value is -2.35. The second-order valence-electron chi connectivity index (χ2n) is 3.81. The quantitative estimate of drug-likeness (QED) is 0.776. The monoisotopic (exact) mass is 228 g/mol. The van der Waals surface area contributed by atoms with Crippen LogP contribution in [0.5, 0.6) is 0 Å². The van der Waals surface area contributed by atoms with Crippen LogP contribution in [0.4, 0.5) is 0 Å². The van der Waals surface area contributed by atoms with Crippen LogP contribution >= 0.6 is 0 Å². The van der Waals surface area contributed by atoms with E-state index in [4.69, 9.17) is 5.26 Å². The molecule has 0 bridgehead atoms. The molecule has 0 radical (unpaired) electrons. The van der Waals surface area contributed by atoms with Crippen molar-refractivity contribution in [2.75, 3.05) is 0 Å². The van der Waals surface area contributed by atoms with Crippen LogP contribution in [0.15, 0.2) is 35.4 Å². The van der Waals surface area contributed by atoms with E-state index in [0.717, 1.165) is 12.0 Å². The molecule has 2 aromatic rings. The molecule has 0 amide bonds. The van der Waals surface area contributed by atoms with E-state index in [2.05, 4.69) is 11.2 Å². The molecule has 5 heteroatoms. The third-order valence-electron chi connectivity index (χ3n) is 2.58. The molecule has 1 aromatic carbocycles. The van der Waals surface area contributed by atoms with Crippen LogP contribution in [0, 0.1) is 11.3 Å². The number of nitriles is 1. The fourth-order valence-electron chi connectivity index (χ4n) is 1.55. The Bertz CT molecular complexity index is 601. The third kappa shape index (κ3) is 2.42. The first-order valence-corrected chi connectivity index (χ1v) is 5.28. The van der Waals surface area contributed by atoms with Crippen molar-refractivity contribution in [1.29, 1.82) is 5.26 Å². The zero-order valence-corrected chi connectivity index (χ0v) is 9.50. The van der Waals surface area contributed by atoms with Crippen molar-refractivity contribution >= 4 is 0 Å². The van der Waals surface area contributed by atoms with Crippen LogP contribution in [-0.4, -0.2) is 14.3 Å². The second kappa shape index (κ2) is 4.66. The molecule has 0 aliphatic heterocycles. The van der Waals surface area contributed by atoms with Gasteiger partial charge in [-0.3, -0.25) is 4.57 Å². The van der Waals surface area contributed by atoms with Gasteiger partial charge in [-0.05, 0) is 24.1 Å². The highest BCUT2D eigenvalue weighted by Crippen LogP contribution is 2.04. The van der Waals surface area contributed by atoms with Gasteiger partial charge in [0, 0.05) is 7.05 Å². The number of benzene rings is 1. The summed E-state index contributed by atoms with van der Waals surface area (Å²) in [6.45, 7) is 0.547. The highest BCUT2D eigenvalue weighted by atomic mass is 16.2. The van der Waals surface area contributed by atoms with Crippen LogP contribution < -0.4 is 5.69 Å². The minimum absolute atomic E-state index is 0.112. The molecule has 0 spiro atoms. The van der Waals surface area contributed by atoms with Gasteiger partial charge in [-0.25, -0.2) is 9.48 Å². The van der Waals surface area contributed by atoms with Gasteiger partial charge >= 0.3 is 5.69 Å². The number of aromatic nitrogens is 3. The molecule has 2 rings (SSSR count). The number of rotatable bonds is 3. The van der Waals surface area contributed by atoms with Crippen LogP contribution in [0.2, 0.25) is 0 Å². The number of aryl methyl sites for hydroxylation is 3. The maximum absolute atomic E-state index is 11.5. The van der Waals surface area contributed by atoms with Gasteiger partial charge in [0.05, 0.1) is 18.2 Å². The first kappa shape index (κ1) is 11.1. The van der Waals surface area contributed by atoms with Gasteiger partial charge in [0.25, 0.3) is 0 Å². The Morgan fingerprint density at radius 1 is 1.35 bits per heavy atom. The highest BCUT2D eigenvalue weighted by Gasteiger charge is 2.01. The molecule has 0 saturated heterocycles. The average Bonchev–Trinajstić information content (AvgIpc) is 2.68. The van der Waals surface area contributed by atoms with Crippen LogP contribution in [0.1, 0.15) is 11.1 Å². The fourth-order valence-corrected chi connectivity index (χ4v) is 1.55. The summed E-state index contributed by atoms with van der Waals surface area (Å²) in [6, 6.07) is 9.41. The van der Waals surface area contributed by atoms with Gasteiger partial charge in [-0.1, -0.05) is 12.1 Å². The molecule has 86 valence electrons. The van der Waals surface area contributed by atoms with Crippen molar-refractivity contribution in [2.45, 2.75) is 13.0 Å². The van der Waals surface area contributed by atoms with Crippen LogP contribution in [-0.2, 0) is 20.0 Å². The molecule has 5 nitrogen and oxygen atoms in total. The molecule has 0 unspecified atom stereocenters. The predicted molar refractivity (Wildman–Crippen MR) is 62.3 cm³/mol. The third-order valence-corrected chi connectivity index (χ3v) is 2.58. The molecule has 1 heterocycles. The summed E-state index contributed by atoms with van der Waals surface area (Å²) in [7, 11) is 1.67. The maximum Gasteiger partial charge on any atom is 0.345 e. The van der Waals surface area contributed by atoms with Gasteiger partial charge in [0.1, 0.15) is 6.33 Å². The van der Waals surface area contributed by atoms with Gasteiger partial charge in [-0.15, -0.1) is 0 Å². The molecule has 0 aliphatic carbocycles.